The number of carbonyl (C=O) groups is 4. The van der Waals surface area contributed by atoms with Crippen molar-refractivity contribution in [1.29, 1.82) is 0 Å². The van der Waals surface area contributed by atoms with E-state index >= 15 is 9.59 Å². The van der Waals surface area contributed by atoms with Gasteiger partial charge in [0.2, 0.25) is 10.2 Å². The molecule has 0 N–H and O–H groups in total. The molecule has 0 radical (unpaired) electrons. The predicted octanol–water partition coefficient (Wildman–Crippen LogP) is 11.3. The average Bonchev–Trinajstić information content (AvgIpc) is 3.23. The van der Waals surface area contributed by atoms with Crippen LogP contribution in [0.3, 0.4) is 0 Å². The largest absolute Gasteiger partial charge is 0.289 e. The molecule has 0 heterocycles. The Balaban J connectivity index is 1.53. The molecule has 6 aromatic carbocycles. The van der Waals surface area contributed by atoms with E-state index in [0.29, 0.717) is 43.2 Å². The van der Waals surface area contributed by atoms with Crippen LogP contribution in [0.15, 0.2) is 155 Å². The van der Waals surface area contributed by atoms with Crippen molar-refractivity contribution < 1.29 is 19.2 Å². The first-order valence-corrected chi connectivity index (χ1v) is 19.9. The minimum atomic E-state index is -3.19. The third kappa shape index (κ3) is 7.49. The van der Waals surface area contributed by atoms with Crippen LogP contribution in [0.5, 0.6) is 0 Å². The molecule has 266 valence electrons. The first-order chi connectivity index (χ1) is 25.7. The third-order valence-electron chi connectivity index (χ3n) is 9.94. The van der Waals surface area contributed by atoms with Gasteiger partial charge in [-0.2, -0.15) is 0 Å². The summed E-state index contributed by atoms with van der Waals surface area (Å²) in [7, 11) is -3.19. The summed E-state index contributed by atoms with van der Waals surface area (Å²) in [6.45, 7) is 8.24. The fraction of sp³-hybridized carbons (Fsp3) is 0.167. The zero-order valence-corrected chi connectivity index (χ0v) is 31.5. The van der Waals surface area contributed by atoms with E-state index in [9.17, 15) is 9.59 Å². The van der Waals surface area contributed by atoms with Gasteiger partial charge in [0.15, 0.2) is 11.6 Å². The SMILES string of the molecule is CCc1ccc(C(=O)c2ccc(S(C(=O)c3ccc(CC)cc3)(C(=O)c3ccc(CC)cc3)c3ccc(C(=O)c4ccc(CC)cc4)cc3)cc2)cc1. The maximum absolute atomic E-state index is 15.3. The normalized spacial score (nSPS) is 11.5. The van der Waals surface area contributed by atoms with Crippen molar-refractivity contribution >= 4 is 31.8 Å². The topological polar surface area (TPSA) is 68.3 Å². The van der Waals surface area contributed by atoms with Gasteiger partial charge in [0.05, 0.1) is 0 Å². The van der Waals surface area contributed by atoms with Gasteiger partial charge in [0.1, 0.15) is 0 Å². The van der Waals surface area contributed by atoms with Gasteiger partial charge in [0, 0.05) is 43.2 Å². The monoisotopic (exact) mass is 716 g/mol. The summed E-state index contributed by atoms with van der Waals surface area (Å²) in [6, 6.07) is 43.9. The fourth-order valence-corrected chi connectivity index (χ4v) is 9.86. The van der Waals surface area contributed by atoms with Crippen LogP contribution in [0.4, 0.5) is 0 Å². The molecule has 53 heavy (non-hydrogen) atoms. The molecule has 0 fully saturated rings. The highest BCUT2D eigenvalue weighted by molar-refractivity contribution is 8.56. The van der Waals surface area contributed by atoms with E-state index in [1.54, 1.807) is 72.8 Å². The smallest absolute Gasteiger partial charge is 0.217 e. The van der Waals surface area contributed by atoms with Crippen LogP contribution in [-0.4, -0.2) is 21.8 Å². The predicted molar refractivity (Wildman–Crippen MR) is 216 cm³/mol. The summed E-state index contributed by atoms with van der Waals surface area (Å²) in [5.74, 6) is -0.282. The third-order valence-corrected chi connectivity index (χ3v) is 13.5. The fourth-order valence-electron chi connectivity index (χ4n) is 6.49. The first kappa shape index (κ1) is 37.1. The van der Waals surface area contributed by atoms with Gasteiger partial charge >= 0.3 is 0 Å². The van der Waals surface area contributed by atoms with Crippen LogP contribution >= 0.6 is 10.0 Å². The Kier molecular flexibility index (Phi) is 11.5. The minimum Gasteiger partial charge on any atom is -0.289 e. The first-order valence-electron chi connectivity index (χ1n) is 18.3. The molecule has 0 aliphatic rings. The highest BCUT2D eigenvalue weighted by Crippen LogP contribution is 2.66. The molecular weight excluding hydrogens is 673 g/mol. The van der Waals surface area contributed by atoms with Crippen molar-refractivity contribution in [2.45, 2.75) is 63.2 Å². The van der Waals surface area contributed by atoms with E-state index in [0.717, 1.165) is 47.9 Å². The molecule has 6 rings (SSSR count). The minimum absolute atomic E-state index is 0.141. The molecule has 0 aliphatic carbocycles. The number of hydrogen-bond acceptors (Lipinski definition) is 4. The number of hydrogen-bond donors (Lipinski definition) is 0. The summed E-state index contributed by atoms with van der Waals surface area (Å²) in [4.78, 5) is 58.8. The maximum Gasteiger partial charge on any atom is 0.217 e. The molecule has 4 nitrogen and oxygen atoms in total. The van der Waals surface area contributed by atoms with Gasteiger partial charge in [-0.25, -0.2) is 0 Å². The standard InChI is InChI=1S/C48H44O4S/c1-5-33-9-17-37(18-10-33)45(49)39-25-29-43(30-26-39)53(47(51)41-21-13-35(7-3)14-22-41,48(52)42-23-15-36(8-4)16-24-42)44-31-27-40(28-32-44)46(50)38-19-11-34(6-2)12-20-38/h9-32H,5-8H2,1-4H3. The van der Waals surface area contributed by atoms with Crippen molar-refractivity contribution in [1.82, 2.24) is 0 Å². The Morgan fingerprint density at radius 3 is 0.755 bits per heavy atom. The van der Waals surface area contributed by atoms with Crippen LogP contribution in [0.2, 0.25) is 0 Å². The van der Waals surface area contributed by atoms with Crippen molar-refractivity contribution in [3.8, 4) is 0 Å². The van der Waals surface area contributed by atoms with E-state index in [-0.39, 0.29) is 21.8 Å². The Morgan fingerprint density at radius 1 is 0.321 bits per heavy atom. The lowest BCUT2D eigenvalue weighted by Crippen LogP contribution is -2.23. The van der Waals surface area contributed by atoms with Crippen molar-refractivity contribution in [2.24, 2.45) is 0 Å². The van der Waals surface area contributed by atoms with E-state index in [1.807, 2.05) is 72.8 Å². The van der Waals surface area contributed by atoms with E-state index in [2.05, 4.69) is 27.7 Å². The van der Waals surface area contributed by atoms with Gasteiger partial charge in [-0.3, -0.25) is 19.2 Å². The summed E-state index contributed by atoms with van der Waals surface area (Å²) < 4.78 is 0. The molecule has 0 bridgehead atoms. The molecule has 0 saturated heterocycles. The summed E-state index contributed by atoms with van der Waals surface area (Å²) in [6.07, 6.45) is 3.37. The van der Waals surface area contributed by atoms with Crippen LogP contribution in [-0.2, 0) is 25.7 Å². The second kappa shape index (κ2) is 16.4. The lowest BCUT2D eigenvalue weighted by Gasteiger charge is -2.37. The number of aryl methyl sites for hydroxylation is 4. The Labute approximate surface area is 314 Å². The second-order valence-electron chi connectivity index (χ2n) is 13.1. The molecule has 0 aromatic heterocycles. The van der Waals surface area contributed by atoms with Gasteiger partial charge in [-0.05, 0) is 96.5 Å². The van der Waals surface area contributed by atoms with Gasteiger partial charge in [0.25, 0.3) is 0 Å². The van der Waals surface area contributed by atoms with Crippen molar-refractivity contribution in [3.63, 3.8) is 0 Å². The molecule has 0 aliphatic heterocycles. The Bertz CT molecular complexity index is 2070. The zero-order valence-electron chi connectivity index (χ0n) is 30.7. The molecular formula is C48H44O4S. The summed E-state index contributed by atoms with van der Waals surface area (Å²) >= 11 is 0. The second-order valence-corrected chi connectivity index (χ2v) is 16.0. The molecule has 0 amide bonds. The molecule has 0 atom stereocenters. The van der Waals surface area contributed by atoms with E-state index in [1.165, 1.54) is 0 Å². The molecule has 5 heteroatoms. The lowest BCUT2D eigenvalue weighted by molar-refractivity contribution is 0.103. The van der Waals surface area contributed by atoms with Gasteiger partial charge in [-0.15, -0.1) is 0 Å². The lowest BCUT2D eigenvalue weighted by atomic mass is 10.0. The number of carbonyl (C=O) groups excluding carboxylic acids is 4. The Morgan fingerprint density at radius 2 is 0.528 bits per heavy atom. The van der Waals surface area contributed by atoms with Gasteiger partial charge < -0.3 is 0 Å². The van der Waals surface area contributed by atoms with Crippen LogP contribution in [0, 0.1) is 0 Å². The van der Waals surface area contributed by atoms with E-state index in [4.69, 9.17) is 0 Å². The number of benzene rings is 6. The van der Waals surface area contributed by atoms with E-state index < -0.39 is 10.0 Å². The van der Waals surface area contributed by atoms with Gasteiger partial charge in [-0.1, -0.05) is 135 Å². The highest BCUT2D eigenvalue weighted by atomic mass is 32.3. The maximum atomic E-state index is 15.3. The summed E-state index contributed by atoms with van der Waals surface area (Å²) in [5, 5.41) is -0.624. The van der Waals surface area contributed by atoms with Crippen LogP contribution < -0.4 is 0 Å². The van der Waals surface area contributed by atoms with Crippen molar-refractivity contribution in [2.75, 3.05) is 0 Å². The number of ketones is 2. The Hall–Kier alpha value is -5.65. The van der Waals surface area contributed by atoms with Crippen LogP contribution in [0.25, 0.3) is 0 Å². The molecule has 0 spiro atoms. The average molecular weight is 717 g/mol. The molecule has 0 unspecified atom stereocenters. The highest BCUT2D eigenvalue weighted by Gasteiger charge is 2.44. The quantitative estimate of drug-likeness (QED) is 0.118. The zero-order chi connectivity index (χ0) is 37.5. The van der Waals surface area contributed by atoms with Crippen LogP contribution in [0.1, 0.15) is 103 Å². The summed E-state index contributed by atoms with van der Waals surface area (Å²) in [5.41, 5.74) is 7.33. The van der Waals surface area contributed by atoms with Crippen molar-refractivity contribution in [3.05, 3.63) is 201 Å². The number of rotatable bonds is 12. The molecule has 0 saturated carbocycles. The molecule has 6 aromatic rings.